The van der Waals surface area contributed by atoms with Crippen LogP contribution in [0.1, 0.15) is 0 Å². The summed E-state index contributed by atoms with van der Waals surface area (Å²) in [5.41, 5.74) is 0. The lowest BCUT2D eigenvalue weighted by molar-refractivity contribution is 0.422. The summed E-state index contributed by atoms with van der Waals surface area (Å²) in [4.78, 5) is 2.82. The lowest BCUT2D eigenvalue weighted by Crippen LogP contribution is -1.82. The van der Waals surface area contributed by atoms with Gasteiger partial charge in [0, 0.05) is 12.4 Å². The Morgan fingerprint density at radius 1 is 1.09 bits per heavy atom. The number of nitrogens with one attached hydrogen (secondary N) is 1. The monoisotopic (exact) mass is 151 g/mol. The fourth-order valence-corrected chi connectivity index (χ4v) is 0.699. The molecular formula is C8H9NO2. The molecule has 0 bridgehead atoms. The molecule has 3 heteroatoms. The van der Waals surface area contributed by atoms with Gasteiger partial charge in [0.2, 0.25) is 0 Å². The highest BCUT2D eigenvalue weighted by Gasteiger charge is 2.02. The minimum Gasteiger partial charge on any atom is -0.460 e. The van der Waals surface area contributed by atoms with Crippen LogP contribution in [-0.4, -0.2) is 4.98 Å². The van der Waals surface area contributed by atoms with Crippen molar-refractivity contribution < 1.29 is 9.47 Å². The fraction of sp³-hybridized carbons (Fsp3) is 0. The van der Waals surface area contributed by atoms with Gasteiger partial charge in [0.15, 0.2) is 11.5 Å². The zero-order valence-corrected chi connectivity index (χ0v) is 6.04. The van der Waals surface area contributed by atoms with Gasteiger partial charge in [-0.1, -0.05) is 13.2 Å². The zero-order valence-electron chi connectivity index (χ0n) is 6.04. The van der Waals surface area contributed by atoms with Crippen LogP contribution in [0.25, 0.3) is 0 Å². The highest BCUT2D eigenvalue weighted by Crippen LogP contribution is 2.26. The van der Waals surface area contributed by atoms with Crippen molar-refractivity contribution in [1.82, 2.24) is 4.98 Å². The summed E-state index contributed by atoms with van der Waals surface area (Å²) in [7, 11) is 0. The quantitative estimate of drug-likeness (QED) is 0.668. The third-order valence-corrected chi connectivity index (χ3v) is 1.09. The van der Waals surface area contributed by atoms with Crippen LogP contribution in [0.5, 0.6) is 11.5 Å². The van der Waals surface area contributed by atoms with Crippen molar-refractivity contribution in [2.75, 3.05) is 0 Å². The SMILES string of the molecule is C=COc1c[nH]cc1OC=C. The molecule has 0 radical (unpaired) electrons. The summed E-state index contributed by atoms with van der Waals surface area (Å²) in [6, 6.07) is 0. The van der Waals surface area contributed by atoms with Gasteiger partial charge in [-0.25, -0.2) is 0 Å². The molecule has 0 saturated heterocycles. The minimum absolute atomic E-state index is 0.597. The van der Waals surface area contributed by atoms with Crippen LogP contribution in [-0.2, 0) is 0 Å². The Morgan fingerprint density at radius 3 is 1.91 bits per heavy atom. The summed E-state index contributed by atoms with van der Waals surface area (Å²) >= 11 is 0. The molecule has 1 rings (SSSR count). The molecule has 3 nitrogen and oxygen atoms in total. The second kappa shape index (κ2) is 3.51. The van der Waals surface area contributed by atoms with Crippen molar-refractivity contribution in [3.05, 3.63) is 38.1 Å². The first-order chi connectivity index (χ1) is 5.38. The molecule has 0 aromatic carbocycles. The second-order valence-electron chi connectivity index (χ2n) is 1.75. The standard InChI is InChI=1S/C8H9NO2/c1-3-10-7-5-9-6-8(7)11-4-2/h3-6,9H,1-2H2. The normalized spacial score (nSPS) is 8.73. The van der Waals surface area contributed by atoms with Gasteiger partial charge >= 0.3 is 0 Å². The predicted octanol–water partition coefficient (Wildman–Crippen LogP) is 2.06. The van der Waals surface area contributed by atoms with E-state index in [9.17, 15) is 0 Å². The van der Waals surface area contributed by atoms with E-state index in [-0.39, 0.29) is 0 Å². The lowest BCUT2D eigenvalue weighted by atomic mass is 10.5. The molecule has 1 aromatic heterocycles. The van der Waals surface area contributed by atoms with E-state index in [0.29, 0.717) is 11.5 Å². The van der Waals surface area contributed by atoms with E-state index in [2.05, 4.69) is 18.1 Å². The highest BCUT2D eigenvalue weighted by molar-refractivity contribution is 5.37. The average molecular weight is 151 g/mol. The van der Waals surface area contributed by atoms with Crippen molar-refractivity contribution in [2.24, 2.45) is 0 Å². The summed E-state index contributed by atoms with van der Waals surface area (Å²) in [6.07, 6.45) is 6.00. The van der Waals surface area contributed by atoms with E-state index in [0.717, 1.165) is 0 Å². The fourth-order valence-electron chi connectivity index (χ4n) is 0.699. The molecule has 0 aliphatic rings. The lowest BCUT2D eigenvalue weighted by Gasteiger charge is -1.98. The van der Waals surface area contributed by atoms with Crippen molar-refractivity contribution in [3.63, 3.8) is 0 Å². The maximum Gasteiger partial charge on any atom is 0.186 e. The van der Waals surface area contributed by atoms with Crippen molar-refractivity contribution in [1.29, 1.82) is 0 Å². The molecule has 0 fully saturated rings. The van der Waals surface area contributed by atoms with E-state index >= 15 is 0 Å². The van der Waals surface area contributed by atoms with Crippen LogP contribution in [0.3, 0.4) is 0 Å². The number of H-pyrrole nitrogens is 1. The topological polar surface area (TPSA) is 34.2 Å². The zero-order chi connectivity index (χ0) is 8.10. The summed E-state index contributed by atoms with van der Waals surface area (Å²) in [5, 5.41) is 0. The number of ether oxygens (including phenoxy) is 2. The third-order valence-electron chi connectivity index (χ3n) is 1.09. The first kappa shape index (κ1) is 7.47. The van der Waals surface area contributed by atoms with E-state index in [1.165, 1.54) is 12.5 Å². The van der Waals surface area contributed by atoms with E-state index < -0.39 is 0 Å². The number of rotatable bonds is 4. The van der Waals surface area contributed by atoms with Crippen LogP contribution >= 0.6 is 0 Å². The van der Waals surface area contributed by atoms with E-state index in [1.54, 1.807) is 12.4 Å². The molecule has 0 spiro atoms. The largest absolute Gasteiger partial charge is 0.460 e. The smallest absolute Gasteiger partial charge is 0.186 e. The third kappa shape index (κ3) is 1.64. The Morgan fingerprint density at radius 2 is 1.55 bits per heavy atom. The van der Waals surface area contributed by atoms with Gasteiger partial charge in [-0.2, -0.15) is 0 Å². The second-order valence-corrected chi connectivity index (χ2v) is 1.75. The summed E-state index contributed by atoms with van der Waals surface area (Å²) in [5.74, 6) is 1.19. The van der Waals surface area contributed by atoms with Crippen molar-refractivity contribution in [2.45, 2.75) is 0 Å². The van der Waals surface area contributed by atoms with Gasteiger partial charge in [-0.15, -0.1) is 0 Å². The van der Waals surface area contributed by atoms with E-state index in [1.807, 2.05) is 0 Å². The number of aromatic nitrogens is 1. The number of hydrogen-bond donors (Lipinski definition) is 1. The molecule has 0 aliphatic heterocycles. The Balaban J connectivity index is 2.76. The average Bonchev–Trinajstić information content (AvgIpc) is 2.39. The Bertz CT molecular complexity index is 228. The molecule has 1 aromatic rings. The molecule has 0 saturated carbocycles. The maximum atomic E-state index is 4.99. The predicted molar refractivity (Wildman–Crippen MR) is 42.4 cm³/mol. The van der Waals surface area contributed by atoms with Gasteiger partial charge in [0.1, 0.15) is 0 Å². The molecule has 58 valence electrons. The molecule has 0 amide bonds. The molecule has 0 atom stereocenters. The van der Waals surface area contributed by atoms with Crippen LogP contribution in [0.2, 0.25) is 0 Å². The Hall–Kier alpha value is -1.64. The first-order valence-electron chi connectivity index (χ1n) is 3.10. The number of hydrogen-bond acceptors (Lipinski definition) is 2. The minimum atomic E-state index is 0.597. The van der Waals surface area contributed by atoms with Crippen molar-refractivity contribution in [3.8, 4) is 11.5 Å². The Labute approximate surface area is 64.9 Å². The highest BCUT2D eigenvalue weighted by atomic mass is 16.5. The molecule has 1 N–H and O–H groups in total. The first-order valence-corrected chi connectivity index (χ1v) is 3.10. The molecule has 11 heavy (non-hydrogen) atoms. The maximum absolute atomic E-state index is 4.99. The van der Waals surface area contributed by atoms with Gasteiger partial charge < -0.3 is 14.5 Å². The van der Waals surface area contributed by atoms with Crippen LogP contribution < -0.4 is 9.47 Å². The van der Waals surface area contributed by atoms with Gasteiger partial charge in [0.25, 0.3) is 0 Å². The van der Waals surface area contributed by atoms with Crippen LogP contribution in [0.15, 0.2) is 38.1 Å². The summed E-state index contributed by atoms with van der Waals surface area (Å²) < 4.78 is 9.98. The van der Waals surface area contributed by atoms with Gasteiger partial charge in [-0.05, 0) is 0 Å². The Kier molecular flexibility index (Phi) is 2.38. The molecule has 0 aliphatic carbocycles. The van der Waals surface area contributed by atoms with Crippen LogP contribution in [0.4, 0.5) is 0 Å². The molecular weight excluding hydrogens is 142 g/mol. The molecule has 1 heterocycles. The summed E-state index contributed by atoms with van der Waals surface area (Å²) in [6.45, 7) is 6.84. The van der Waals surface area contributed by atoms with Crippen LogP contribution in [0, 0.1) is 0 Å². The number of aromatic amines is 1. The van der Waals surface area contributed by atoms with Gasteiger partial charge in [-0.3, -0.25) is 0 Å². The van der Waals surface area contributed by atoms with Crippen molar-refractivity contribution >= 4 is 0 Å². The molecule has 0 unspecified atom stereocenters. The van der Waals surface area contributed by atoms with Gasteiger partial charge in [0.05, 0.1) is 12.5 Å². The van der Waals surface area contributed by atoms with E-state index in [4.69, 9.17) is 9.47 Å².